The van der Waals surface area contributed by atoms with Crippen molar-refractivity contribution in [1.82, 2.24) is 5.32 Å². The summed E-state index contributed by atoms with van der Waals surface area (Å²) < 4.78 is 0. The molecule has 5 heteroatoms. The molecule has 0 radical (unpaired) electrons. The molecule has 0 aromatic heterocycles. The Kier molecular flexibility index (Phi) is 5.77. The monoisotopic (exact) mass is 434 g/mol. The van der Waals surface area contributed by atoms with Crippen LogP contribution in [0.3, 0.4) is 0 Å². The molecule has 1 aliphatic heterocycles. The molecule has 0 bridgehead atoms. The number of nitriles is 1. The molecule has 152 valence electrons. The Balaban J connectivity index is 1.78. The van der Waals surface area contributed by atoms with Gasteiger partial charge in [-0.05, 0) is 35.1 Å². The Hall–Kier alpha value is -2.48. The number of allylic oxidation sites excluding steroid dienone is 3. The van der Waals surface area contributed by atoms with Crippen molar-refractivity contribution in [3.8, 4) is 6.07 Å². The first-order chi connectivity index (χ1) is 14.4. The minimum Gasteiger partial charge on any atom is -0.352 e. The van der Waals surface area contributed by atoms with Gasteiger partial charge in [0.05, 0.1) is 22.6 Å². The van der Waals surface area contributed by atoms with Gasteiger partial charge in [0.2, 0.25) is 0 Å². The zero-order valence-electron chi connectivity index (χ0n) is 17.0. The number of benzene rings is 2. The van der Waals surface area contributed by atoms with Gasteiger partial charge < -0.3 is 5.32 Å². The number of rotatable bonds is 4. The van der Waals surface area contributed by atoms with Crippen molar-refractivity contribution in [1.29, 1.82) is 5.26 Å². The topological polar surface area (TPSA) is 52.9 Å². The van der Waals surface area contributed by atoms with Gasteiger partial charge in [-0.25, -0.2) is 0 Å². The first-order valence-corrected chi connectivity index (χ1v) is 11.3. The Morgan fingerprint density at radius 2 is 1.83 bits per heavy atom. The minimum absolute atomic E-state index is 0.104. The van der Waals surface area contributed by atoms with Crippen LogP contribution in [0.2, 0.25) is 5.02 Å². The summed E-state index contributed by atoms with van der Waals surface area (Å²) >= 11 is 7.71. The maximum absolute atomic E-state index is 13.2. The predicted octanol–water partition coefficient (Wildman–Crippen LogP) is 6.34. The summed E-state index contributed by atoms with van der Waals surface area (Å²) in [6.07, 6.45) is 1.27. The number of carbonyl (C=O) groups excluding carboxylic acids is 1. The van der Waals surface area contributed by atoms with Crippen molar-refractivity contribution in [2.24, 2.45) is 5.41 Å². The lowest BCUT2D eigenvalue weighted by Gasteiger charge is -2.39. The standard InChI is InChI=1S/C25H23ClN2OS/c1-25(2)12-20-23(21(29)13-25)22(17-8-10-18(26)11-9-17)19(14-27)24(28-20)30-15-16-6-4-3-5-7-16/h3-11,22,28H,12-13,15H2,1-2H3/t22-/m1/s1. The van der Waals surface area contributed by atoms with Crippen LogP contribution in [0.25, 0.3) is 0 Å². The lowest BCUT2D eigenvalue weighted by molar-refractivity contribution is -0.118. The van der Waals surface area contributed by atoms with E-state index in [9.17, 15) is 10.1 Å². The van der Waals surface area contributed by atoms with Crippen molar-refractivity contribution in [3.63, 3.8) is 0 Å². The van der Waals surface area contributed by atoms with Crippen LogP contribution >= 0.6 is 23.4 Å². The zero-order chi connectivity index (χ0) is 21.3. The number of nitrogens with one attached hydrogen (secondary N) is 1. The van der Waals surface area contributed by atoms with Gasteiger partial charge in [-0.2, -0.15) is 5.26 Å². The maximum Gasteiger partial charge on any atom is 0.162 e. The molecule has 2 aromatic carbocycles. The number of ketones is 1. The van der Waals surface area contributed by atoms with E-state index in [2.05, 4.69) is 37.4 Å². The zero-order valence-corrected chi connectivity index (χ0v) is 18.6. The fourth-order valence-electron chi connectivity index (χ4n) is 4.21. The van der Waals surface area contributed by atoms with Crippen LogP contribution in [0.1, 0.15) is 43.7 Å². The summed E-state index contributed by atoms with van der Waals surface area (Å²) in [6.45, 7) is 4.24. The maximum atomic E-state index is 13.2. The summed E-state index contributed by atoms with van der Waals surface area (Å²) in [5, 5.41) is 15.1. The van der Waals surface area contributed by atoms with Crippen molar-refractivity contribution >= 4 is 29.1 Å². The van der Waals surface area contributed by atoms with Gasteiger partial charge in [0.1, 0.15) is 0 Å². The highest BCUT2D eigenvalue weighted by atomic mass is 35.5. The van der Waals surface area contributed by atoms with Gasteiger partial charge in [-0.15, -0.1) is 11.8 Å². The predicted molar refractivity (Wildman–Crippen MR) is 123 cm³/mol. The van der Waals surface area contributed by atoms with E-state index in [1.54, 1.807) is 11.8 Å². The quantitative estimate of drug-likeness (QED) is 0.610. The van der Waals surface area contributed by atoms with Gasteiger partial charge in [-0.3, -0.25) is 4.79 Å². The smallest absolute Gasteiger partial charge is 0.162 e. The van der Waals surface area contributed by atoms with E-state index >= 15 is 0 Å². The van der Waals surface area contributed by atoms with Crippen LogP contribution in [-0.4, -0.2) is 5.78 Å². The second kappa shape index (κ2) is 8.34. The van der Waals surface area contributed by atoms with Crippen molar-refractivity contribution in [2.45, 2.75) is 38.4 Å². The highest BCUT2D eigenvalue weighted by Gasteiger charge is 2.41. The van der Waals surface area contributed by atoms with Crippen LogP contribution in [0.5, 0.6) is 0 Å². The SMILES string of the molecule is CC1(C)CC(=O)C2=C(C1)NC(SCc1ccccc1)=C(C#N)[C@H]2c1ccc(Cl)cc1. The Labute approximate surface area is 186 Å². The minimum atomic E-state index is -0.356. The van der Waals surface area contributed by atoms with Crippen LogP contribution in [0.4, 0.5) is 0 Å². The molecular formula is C25H23ClN2OS. The highest BCUT2D eigenvalue weighted by Crippen LogP contribution is 2.48. The van der Waals surface area contributed by atoms with E-state index < -0.39 is 0 Å². The third-order valence-corrected chi connectivity index (χ3v) is 6.90. The lowest BCUT2D eigenvalue weighted by atomic mass is 9.69. The molecule has 2 aliphatic rings. The summed E-state index contributed by atoms with van der Waals surface area (Å²) in [6, 6.07) is 20.1. The van der Waals surface area contributed by atoms with Crippen molar-refractivity contribution in [3.05, 3.63) is 92.6 Å². The highest BCUT2D eigenvalue weighted by molar-refractivity contribution is 8.02. The molecule has 0 saturated carbocycles. The van der Waals surface area contributed by atoms with E-state index in [1.807, 2.05) is 42.5 Å². The van der Waals surface area contributed by atoms with E-state index in [1.165, 1.54) is 5.56 Å². The summed E-state index contributed by atoms with van der Waals surface area (Å²) in [4.78, 5) is 13.2. The second-order valence-corrected chi connectivity index (χ2v) is 9.99. The molecule has 0 unspecified atom stereocenters. The van der Waals surface area contributed by atoms with Gasteiger partial charge in [0, 0.05) is 28.5 Å². The van der Waals surface area contributed by atoms with Crippen LogP contribution in [-0.2, 0) is 10.5 Å². The third kappa shape index (κ3) is 4.19. The summed E-state index contributed by atoms with van der Waals surface area (Å²) in [5.74, 6) is 0.515. The third-order valence-electron chi connectivity index (χ3n) is 5.56. The molecule has 0 fully saturated rings. The molecule has 1 N–H and O–H groups in total. The van der Waals surface area contributed by atoms with Gasteiger partial charge >= 0.3 is 0 Å². The summed E-state index contributed by atoms with van der Waals surface area (Å²) in [5.41, 5.74) is 4.30. The largest absolute Gasteiger partial charge is 0.352 e. The van der Waals surface area contributed by atoms with E-state index in [0.29, 0.717) is 17.0 Å². The average molecular weight is 435 g/mol. The molecule has 3 nitrogen and oxygen atoms in total. The molecular weight excluding hydrogens is 412 g/mol. The Bertz CT molecular complexity index is 1080. The molecule has 0 saturated heterocycles. The van der Waals surface area contributed by atoms with Crippen molar-refractivity contribution in [2.75, 3.05) is 0 Å². The number of carbonyl (C=O) groups is 1. The number of hydrogen-bond donors (Lipinski definition) is 1. The van der Waals surface area contributed by atoms with Gasteiger partial charge in [-0.1, -0.05) is 67.9 Å². The molecule has 1 heterocycles. The molecule has 1 aliphatic carbocycles. The number of nitrogens with zero attached hydrogens (tertiary/aromatic N) is 1. The molecule has 1 atom stereocenters. The number of dihydropyridines is 1. The molecule has 4 rings (SSSR count). The molecule has 2 aromatic rings. The average Bonchev–Trinajstić information content (AvgIpc) is 2.71. The second-order valence-electron chi connectivity index (χ2n) is 8.57. The van der Waals surface area contributed by atoms with E-state index in [4.69, 9.17) is 11.6 Å². The molecule has 30 heavy (non-hydrogen) atoms. The Morgan fingerprint density at radius 1 is 1.13 bits per heavy atom. The first kappa shape index (κ1) is 20.8. The fourth-order valence-corrected chi connectivity index (χ4v) is 5.35. The van der Waals surface area contributed by atoms with Crippen molar-refractivity contribution < 1.29 is 4.79 Å². The van der Waals surface area contributed by atoms with Crippen LogP contribution in [0, 0.1) is 16.7 Å². The molecule has 0 spiro atoms. The van der Waals surface area contributed by atoms with Gasteiger partial charge in [0.15, 0.2) is 5.78 Å². The Morgan fingerprint density at radius 3 is 2.50 bits per heavy atom. The van der Waals surface area contributed by atoms with Gasteiger partial charge in [0.25, 0.3) is 0 Å². The van der Waals surface area contributed by atoms with E-state index in [-0.39, 0.29) is 17.1 Å². The number of hydrogen-bond acceptors (Lipinski definition) is 4. The normalized spacial score (nSPS) is 20.5. The number of halogens is 1. The molecule has 0 amide bonds. The fraction of sp³-hybridized carbons (Fsp3) is 0.280. The lowest BCUT2D eigenvalue weighted by Crippen LogP contribution is -2.36. The first-order valence-electron chi connectivity index (χ1n) is 9.98. The number of Topliss-reactive ketones (excluding diaryl/α,β-unsaturated/α-hetero) is 1. The summed E-state index contributed by atoms with van der Waals surface area (Å²) in [7, 11) is 0. The van der Waals surface area contributed by atoms with Crippen LogP contribution in [0.15, 0.2) is 76.5 Å². The number of thioether (sulfide) groups is 1. The van der Waals surface area contributed by atoms with Crippen LogP contribution < -0.4 is 5.32 Å². The van der Waals surface area contributed by atoms with E-state index in [0.717, 1.165) is 34.0 Å².